The van der Waals surface area contributed by atoms with E-state index in [0.717, 1.165) is 30.4 Å². The van der Waals surface area contributed by atoms with Crippen molar-refractivity contribution in [3.63, 3.8) is 0 Å². The van der Waals surface area contributed by atoms with E-state index in [1.807, 2.05) is 18.3 Å². The van der Waals surface area contributed by atoms with Crippen molar-refractivity contribution < 1.29 is 9.47 Å². The third-order valence-electron chi connectivity index (χ3n) is 3.58. The molecule has 0 fully saturated rings. The highest BCUT2D eigenvalue weighted by Crippen LogP contribution is 2.32. The molecule has 2 N–H and O–H groups in total. The lowest BCUT2D eigenvalue weighted by molar-refractivity contribution is 0.352. The molecule has 0 aliphatic heterocycles. The molecule has 21 heavy (non-hydrogen) atoms. The van der Waals surface area contributed by atoms with Crippen molar-refractivity contribution in [2.24, 2.45) is 0 Å². The highest BCUT2D eigenvalue weighted by atomic mass is 16.5. The number of rotatable bonds is 7. The quantitative estimate of drug-likeness (QED) is 0.822. The van der Waals surface area contributed by atoms with E-state index in [1.54, 1.807) is 20.4 Å². The van der Waals surface area contributed by atoms with Crippen LogP contribution in [0, 0.1) is 0 Å². The number of benzene rings is 1. The molecule has 114 valence electrons. The van der Waals surface area contributed by atoms with Crippen LogP contribution in [0.15, 0.2) is 30.6 Å². The fraction of sp³-hybridized carbons (Fsp3) is 0.438. The highest BCUT2D eigenvalue weighted by molar-refractivity contribution is 5.45. The summed E-state index contributed by atoms with van der Waals surface area (Å²) in [6.07, 6.45) is 3.59. The van der Waals surface area contributed by atoms with Gasteiger partial charge in [-0.05, 0) is 17.7 Å². The van der Waals surface area contributed by atoms with Gasteiger partial charge < -0.3 is 19.8 Å². The summed E-state index contributed by atoms with van der Waals surface area (Å²) in [6, 6.07) is 6.06. The van der Waals surface area contributed by atoms with Gasteiger partial charge in [-0.3, -0.25) is 0 Å². The summed E-state index contributed by atoms with van der Waals surface area (Å²) in [7, 11) is 3.30. The molecule has 1 heterocycles. The monoisotopic (exact) mass is 289 g/mol. The third kappa shape index (κ3) is 3.76. The Kier molecular flexibility index (Phi) is 4.85. The normalized spacial score (nSPS) is 11.4. The van der Waals surface area contributed by atoms with Crippen LogP contribution in [0.3, 0.4) is 0 Å². The van der Waals surface area contributed by atoms with E-state index in [4.69, 9.17) is 9.47 Å². The first-order chi connectivity index (χ1) is 10.1. The van der Waals surface area contributed by atoms with Gasteiger partial charge in [-0.2, -0.15) is 0 Å². The van der Waals surface area contributed by atoms with Crippen LogP contribution >= 0.6 is 0 Å². The SMILES string of the molecule is COc1ccc(C(C)(C)CNCc2ncc[nH]2)cc1OC. The summed E-state index contributed by atoms with van der Waals surface area (Å²) in [5, 5.41) is 3.43. The Balaban J connectivity index is 2.04. The van der Waals surface area contributed by atoms with Crippen LogP contribution in [-0.4, -0.2) is 30.7 Å². The zero-order chi connectivity index (χ0) is 15.3. The first kappa shape index (κ1) is 15.4. The van der Waals surface area contributed by atoms with Gasteiger partial charge in [-0.15, -0.1) is 0 Å². The van der Waals surface area contributed by atoms with E-state index in [0.29, 0.717) is 0 Å². The van der Waals surface area contributed by atoms with Crippen LogP contribution in [-0.2, 0) is 12.0 Å². The Hall–Kier alpha value is -2.01. The third-order valence-corrected chi connectivity index (χ3v) is 3.58. The van der Waals surface area contributed by atoms with Gasteiger partial charge in [0.1, 0.15) is 5.82 Å². The summed E-state index contributed by atoms with van der Waals surface area (Å²) in [6.45, 7) is 5.96. The van der Waals surface area contributed by atoms with Gasteiger partial charge in [0.05, 0.1) is 20.8 Å². The number of methoxy groups -OCH3 is 2. The lowest BCUT2D eigenvalue weighted by Gasteiger charge is -2.26. The summed E-state index contributed by atoms with van der Waals surface area (Å²) in [5.74, 6) is 2.45. The van der Waals surface area contributed by atoms with E-state index in [9.17, 15) is 0 Å². The predicted octanol–water partition coefficient (Wildman–Crippen LogP) is 2.49. The molecule has 0 radical (unpaired) electrons. The minimum Gasteiger partial charge on any atom is -0.493 e. The number of hydrogen-bond donors (Lipinski definition) is 2. The van der Waals surface area contributed by atoms with Crippen molar-refractivity contribution in [1.82, 2.24) is 15.3 Å². The van der Waals surface area contributed by atoms with Crippen LogP contribution in [0.2, 0.25) is 0 Å². The van der Waals surface area contributed by atoms with Crippen molar-refractivity contribution in [3.8, 4) is 11.5 Å². The maximum absolute atomic E-state index is 5.38. The molecule has 5 heteroatoms. The topological polar surface area (TPSA) is 59.2 Å². The molecule has 0 saturated carbocycles. The average Bonchev–Trinajstić information content (AvgIpc) is 2.99. The first-order valence-electron chi connectivity index (χ1n) is 6.98. The lowest BCUT2D eigenvalue weighted by atomic mass is 9.84. The van der Waals surface area contributed by atoms with Crippen LogP contribution < -0.4 is 14.8 Å². The number of ether oxygens (including phenoxy) is 2. The van der Waals surface area contributed by atoms with Gasteiger partial charge >= 0.3 is 0 Å². The van der Waals surface area contributed by atoms with Crippen molar-refractivity contribution in [1.29, 1.82) is 0 Å². The van der Waals surface area contributed by atoms with Crippen molar-refractivity contribution in [2.75, 3.05) is 20.8 Å². The molecule has 0 unspecified atom stereocenters. The van der Waals surface area contributed by atoms with Gasteiger partial charge in [0.2, 0.25) is 0 Å². The van der Waals surface area contributed by atoms with Crippen LogP contribution in [0.4, 0.5) is 0 Å². The van der Waals surface area contributed by atoms with E-state index in [-0.39, 0.29) is 5.41 Å². The molecule has 0 amide bonds. The first-order valence-corrected chi connectivity index (χ1v) is 6.98. The number of nitrogens with zero attached hydrogens (tertiary/aromatic N) is 1. The maximum atomic E-state index is 5.38. The Morgan fingerprint density at radius 2 is 1.95 bits per heavy atom. The van der Waals surface area contributed by atoms with Crippen molar-refractivity contribution >= 4 is 0 Å². The summed E-state index contributed by atoms with van der Waals surface area (Å²) < 4.78 is 10.7. The number of aromatic amines is 1. The molecular weight excluding hydrogens is 266 g/mol. The fourth-order valence-electron chi connectivity index (χ4n) is 2.25. The van der Waals surface area contributed by atoms with Crippen LogP contribution in [0.1, 0.15) is 25.2 Å². The maximum Gasteiger partial charge on any atom is 0.161 e. The minimum atomic E-state index is -0.0217. The number of H-pyrrole nitrogens is 1. The van der Waals surface area contributed by atoms with E-state index in [1.165, 1.54) is 5.56 Å². The zero-order valence-corrected chi connectivity index (χ0v) is 13.1. The Morgan fingerprint density at radius 1 is 1.19 bits per heavy atom. The summed E-state index contributed by atoms with van der Waals surface area (Å²) in [4.78, 5) is 7.29. The smallest absolute Gasteiger partial charge is 0.161 e. The van der Waals surface area contributed by atoms with Gasteiger partial charge in [-0.1, -0.05) is 19.9 Å². The number of imidazole rings is 1. The second-order valence-electron chi connectivity index (χ2n) is 5.59. The summed E-state index contributed by atoms with van der Waals surface area (Å²) in [5.41, 5.74) is 1.18. The van der Waals surface area contributed by atoms with Gasteiger partial charge in [0, 0.05) is 24.4 Å². The molecule has 2 aromatic rings. The minimum absolute atomic E-state index is 0.0217. The standard InChI is InChI=1S/C16H23N3O2/c1-16(2,11-17-10-15-18-7-8-19-15)12-5-6-13(20-3)14(9-12)21-4/h5-9,17H,10-11H2,1-4H3,(H,18,19). The summed E-state index contributed by atoms with van der Waals surface area (Å²) >= 11 is 0. The number of aromatic nitrogens is 2. The number of hydrogen-bond acceptors (Lipinski definition) is 4. The van der Waals surface area contributed by atoms with E-state index in [2.05, 4.69) is 35.2 Å². The van der Waals surface area contributed by atoms with Crippen molar-refractivity contribution in [3.05, 3.63) is 42.0 Å². The molecule has 0 spiro atoms. The van der Waals surface area contributed by atoms with Crippen LogP contribution in [0.25, 0.3) is 0 Å². The van der Waals surface area contributed by atoms with Crippen molar-refractivity contribution in [2.45, 2.75) is 25.8 Å². The molecule has 5 nitrogen and oxygen atoms in total. The van der Waals surface area contributed by atoms with Crippen LogP contribution in [0.5, 0.6) is 11.5 Å². The molecule has 1 aromatic heterocycles. The molecule has 1 aromatic carbocycles. The van der Waals surface area contributed by atoms with Gasteiger partial charge in [0.15, 0.2) is 11.5 Å². The van der Waals surface area contributed by atoms with Gasteiger partial charge in [-0.25, -0.2) is 4.98 Å². The van der Waals surface area contributed by atoms with Gasteiger partial charge in [0.25, 0.3) is 0 Å². The largest absolute Gasteiger partial charge is 0.493 e. The Morgan fingerprint density at radius 3 is 2.57 bits per heavy atom. The van der Waals surface area contributed by atoms with E-state index < -0.39 is 0 Å². The number of nitrogens with one attached hydrogen (secondary N) is 2. The van der Waals surface area contributed by atoms with E-state index >= 15 is 0 Å². The second kappa shape index (κ2) is 6.63. The zero-order valence-electron chi connectivity index (χ0n) is 13.1. The molecule has 0 bridgehead atoms. The molecular formula is C16H23N3O2. The molecule has 0 aliphatic rings. The Labute approximate surface area is 125 Å². The molecule has 0 atom stereocenters. The average molecular weight is 289 g/mol. The predicted molar refractivity (Wildman–Crippen MR) is 82.9 cm³/mol. The molecule has 0 aliphatic carbocycles. The fourth-order valence-corrected chi connectivity index (χ4v) is 2.25. The highest BCUT2D eigenvalue weighted by Gasteiger charge is 2.22. The molecule has 2 rings (SSSR count). The Bertz CT molecular complexity index is 565. The molecule has 0 saturated heterocycles. The lowest BCUT2D eigenvalue weighted by Crippen LogP contribution is -2.32. The second-order valence-corrected chi connectivity index (χ2v) is 5.59.